The summed E-state index contributed by atoms with van der Waals surface area (Å²) in [7, 11) is 12.0. The second kappa shape index (κ2) is 13.6. The van der Waals surface area contributed by atoms with Crippen LogP contribution in [-0.2, 0) is 12.3 Å². The molecule has 0 aliphatic rings. The molecule has 0 saturated carbocycles. The third kappa shape index (κ3) is 6.20. The average molecular weight is 577 g/mol. The summed E-state index contributed by atoms with van der Waals surface area (Å²) in [4.78, 5) is 0. The summed E-state index contributed by atoms with van der Waals surface area (Å²) in [5.41, 5.74) is 1.82. The first-order chi connectivity index (χ1) is 19.2. The molecule has 0 bridgehead atoms. The Hall–Kier alpha value is -3.71. The van der Waals surface area contributed by atoms with Gasteiger partial charge in [0.25, 0.3) is 0 Å². The fourth-order valence-corrected chi connectivity index (χ4v) is 9.40. The summed E-state index contributed by atoms with van der Waals surface area (Å²) in [6.45, 7) is 2.27. The fourth-order valence-electron chi connectivity index (χ4n) is 5.12. The second-order valence-corrected chi connectivity index (χ2v) is 13.7. The maximum atomic E-state index is 5.96. The van der Waals surface area contributed by atoms with E-state index >= 15 is 0 Å². The minimum absolute atomic E-state index is 0.598. The van der Waals surface area contributed by atoms with Crippen molar-refractivity contribution in [1.29, 1.82) is 0 Å². The van der Waals surface area contributed by atoms with E-state index in [-0.39, 0.29) is 0 Å². The number of rotatable bonds is 14. The summed E-state index contributed by atoms with van der Waals surface area (Å²) < 4.78 is 51.8. The molecule has 220 valence electrons. The quantitative estimate of drug-likeness (QED) is 0.242. The monoisotopic (exact) mass is 576 g/mol. The van der Waals surface area contributed by atoms with Crippen LogP contribution in [0.5, 0.6) is 51.7 Å². The Morgan fingerprint density at radius 3 is 0.875 bits per heavy atom. The number of hydrogen-bond acceptors (Lipinski definition) is 9. The number of benzene rings is 3. The zero-order valence-electron chi connectivity index (χ0n) is 25.1. The summed E-state index contributed by atoms with van der Waals surface area (Å²) in [5.74, 6) is 5.90. The normalized spacial score (nSPS) is 11.3. The molecule has 40 heavy (non-hydrogen) atoms. The van der Waals surface area contributed by atoms with Crippen LogP contribution in [-0.4, -0.2) is 70.7 Å². The standard InChI is InChI=1S/C30H41O9P/c1-31-19-11-24(34-4)22(25(12-19)35-5)17-40(10,30-28(38-8)15-21(33-3)16-29(30)39-9)18-23-26(36-6)13-20(32-2)14-27(23)37-7/h11-16,40H,17-18H2,1-10H3. The Morgan fingerprint density at radius 2 is 0.650 bits per heavy atom. The van der Waals surface area contributed by atoms with E-state index in [1.54, 1.807) is 64.0 Å². The van der Waals surface area contributed by atoms with Gasteiger partial charge in [0.05, 0.1) is 0 Å². The van der Waals surface area contributed by atoms with Crippen molar-refractivity contribution >= 4 is 12.6 Å². The molecule has 0 heterocycles. The zero-order valence-corrected chi connectivity index (χ0v) is 26.1. The summed E-state index contributed by atoms with van der Waals surface area (Å²) in [5, 5.41) is 0.971. The molecule has 0 fully saturated rings. The van der Waals surface area contributed by atoms with Gasteiger partial charge in [-0.25, -0.2) is 0 Å². The SMILES string of the molecule is COc1cc(OC)c(C[PH](C)(Cc2c(OC)cc(OC)cc2OC)c2c(OC)cc(OC)cc2OC)c(OC)c1. The molecule has 9 nitrogen and oxygen atoms in total. The molecule has 0 saturated heterocycles. The van der Waals surface area contributed by atoms with Crippen LogP contribution < -0.4 is 47.9 Å². The van der Waals surface area contributed by atoms with E-state index in [0.29, 0.717) is 64.1 Å². The molecule has 0 aliphatic heterocycles. The van der Waals surface area contributed by atoms with Crippen molar-refractivity contribution in [2.45, 2.75) is 12.3 Å². The third-order valence-corrected chi connectivity index (χ3v) is 11.1. The van der Waals surface area contributed by atoms with E-state index in [4.69, 9.17) is 42.6 Å². The predicted molar refractivity (Wildman–Crippen MR) is 160 cm³/mol. The Bertz CT molecular complexity index is 1170. The van der Waals surface area contributed by atoms with Gasteiger partial charge in [0.1, 0.15) is 0 Å². The van der Waals surface area contributed by atoms with Gasteiger partial charge in [0, 0.05) is 0 Å². The molecule has 0 atom stereocenters. The Kier molecular flexibility index (Phi) is 10.5. The number of ether oxygens (including phenoxy) is 9. The van der Waals surface area contributed by atoms with Crippen LogP contribution in [0, 0.1) is 0 Å². The van der Waals surface area contributed by atoms with Crippen LogP contribution in [0.15, 0.2) is 36.4 Å². The molecule has 0 aromatic heterocycles. The first kappa shape index (κ1) is 30.8. The van der Waals surface area contributed by atoms with Gasteiger partial charge in [-0.15, -0.1) is 0 Å². The second-order valence-electron chi connectivity index (χ2n) is 9.34. The van der Waals surface area contributed by atoms with Crippen LogP contribution in [0.2, 0.25) is 0 Å². The fraction of sp³-hybridized carbons (Fsp3) is 0.400. The van der Waals surface area contributed by atoms with E-state index in [0.717, 1.165) is 16.4 Å². The van der Waals surface area contributed by atoms with Gasteiger partial charge < -0.3 is 0 Å². The van der Waals surface area contributed by atoms with Crippen molar-refractivity contribution in [2.75, 3.05) is 70.7 Å². The minimum atomic E-state index is -2.73. The molecule has 0 radical (unpaired) electrons. The van der Waals surface area contributed by atoms with Gasteiger partial charge in [-0.2, -0.15) is 0 Å². The molecule has 3 aromatic carbocycles. The summed E-state index contributed by atoms with van der Waals surface area (Å²) in [6.07, 6.45) is 1.20. The van der Waals surface area contributed by atoms with Gasteiger partial charge in [-0.1, -0.05) is 0 Å². The molecular formula is C30H41O9P. The van der Waals surface area contributed by atoms with Crippen LogP contribution in [0.25, 0.3) is 0 Å². The van der Waals surface area contributed by atoms with Gasteiger partial charge in [-0.05, 0) is 0 Å². The topological polar surface area (TPSA) is 83.1 Å². The van der Waals surface area contributed by atoms with Gasteiger partial charge in [-0.3, -0.25) is 0 Å². The van der Waals surface area contributed by atoms with Crippen molar-refractivity contribution < 1.29 is 42.6 Å². The van der Waals surface area contributed by atoms with Crippen molar-refractivity contribution in [3.8, 4) is 51.7 Å². The third-order valence-electron chi connectivity index (χ3n) is 7.09. The molecule has 0 amide bonds. The number of hydrogen-bond donors (Lipinski definition) is 0. The molecule has 3 aromatic rings. The average Bonchev–Trinajstić information content (AvgIpc) is 2.99. The van der Waals surface area contributed by atoms with E-state index in [9.17, 15) is 0 Å². The molecule has 0 spiro atoms. The van der Waals surface area contributed by atoms with E-state index in [1.807, 2.05) is 36.4 Å². The van der Waals surface area contributed by atoms with Crippen LogP contribution >= 0.6 is 7.26 Å². The van der Waals surface area contributed by atoms with Crippen LogP contribution in [0.4, 0.5) is 0 Å². The van der Waals surface area contributed by atoms with Gasteiger partial charge >= 0.3 is 237 Å². The zero-order chi connectivity index (χ0) is 29.4. The van der Waals surface area contributed by atoms with Gasteiger partial charge in [0.15, 0.2) is 0 Å². The van der Waals surface area contributed by atoms with Crippen molar-refractivity contribution in [3.05, 3.63) is 47.5 Å². The van der Waals surface area contributed by atoms with Crippen LogP contribution in [0.3, 0.4) is 0 Å². The molecule has 0 N–H and O–H groups in total. The first-order valence-corrected chi connectivity index (χ1v) is 15.6. The first-order valence-electron chi connectivity index (χ1n) is 12.6. The van der Waals surface area contributed by atoms with E-state index < -0.39 is 7.26 Å². The van der Waals surface area contributed by atoms with E-state index in [1.165, 1.54) is 0 Å². The van der Waals surface area contributed by atoms with Crippen molar-refractivity contribution in [2.24, 2.45) is 0 Å². The summed E-state index contributed by atoms with van der Waals surface area (Å²) in [6, 6.07) is 11.2. The maximum absolute atomic E-state index is 5.96. The Morgan fingerprint density at radius 1 is 0.400 bits per heavy atom. The molecular weight excluding hydrogens is 535 g/mol. The Labute approximate surface area is 237 Å². The Balaban J connectivity index is 2.38. The predicted octanol–water partition coefficient (Wildman–Crippen LogP) is 5.17. The van der Waals surface area contributed by atoms with Gasteiger partial charge in [0.2, 0.25) is 0 Å². The van der Waals surface area contributed by atoms with Crippen molar-refractivity contribution in [1.82, 2.24) is 0 Å². The van der Waals surface area contributed by atoms with Crippen molar-refractivity contribution in [3.63, 3.8) is 0 Å². The molecule has 3 rings (SSSR count). The van der Waals surface area contributed by atoms with Crippen LogP contribution in [0.1, 0.15) is 11.1 Å². The molecule has 0 unspecified atom stereocenters. The molecule has 10 heteroatoms. The molecule has 0 aliphatic carbocycles. The van der Waals surface area contributed by atoms with E-state index in [2.05, 4.69) is 6.66 Å². The number of methoxy groups -OCH3 is 9. The summed E-state index contributed by atoms with van der Waals surface area (Å²) >= 11 is 0.